The van der Waals surface area contributed by atoms with Crippen molar-refractivity contribution in [2.45, 2.75) is 57.4 Å². The van der Waals surface area contributed by atoms with Crippen LogP contribution in [0.15, 0.2) is 0 Å². The van der Waals surface area contributed by atoms with E-state index in [1.165, 1.54) is 0 Å². The van der Waals surface area contributed by atoms with Crippen LogP contribution in [0, 0.1) is 0 Å². The molecule has 0 aromatic rings. The molecule has 142 valence electrons. The second kappa shape index (κ2) is 10.6. The molecular weight excluding hydrogens is 352 g/mol. The molecule has 24 heavy (non-hydrogen) atoms. The van der Waals surface area contributed by atoms with Crippen LogP contribution in [0.4, 0.5) is 0 Å². The van der Waals surface area contributed by atoms with Crippen LogP contribution < -0.4 is 11.1 Å². The van der Waals surface area contributed by atoms with E-state index in [1.807, 2.05) is 0 Å². The van der Waals surface area contributed by atoms with Crippen molar-refractivity contribution in [3.63, 3.8) is 0 Å². The Morgan fingerprint density at radius 2 is 1.67 bits per heavy atom. The van der Waals surface area contributed by atoms with Crippen LogP contribution in [0.5, 0.6) is 0 Å². The Balaban J connectivity index is 0.00000288. The minimum absolute atomic E-state index is 0. The van der Waals surface area contributed by atoms with Crippen LogP contribution in [0.2, 0.25) is 0 Å². The van der Waals surface area contributed by atoms with E-state index in [0.717, 1.165) is 44.9 Å². The van der Waals surface area contributed by atoms with E-state index in [2.05, 4.69) is 5.32 Å². The number of piperidine rings is 1. The summed E-state index contributed by atoms with van der Waals surface area (Å²) >= 11 is 0. The number of halogens is 1. The van der Waals surface area contributed by atoms with Gasteiger partial charge in [0.25, 0.3) is 10.2 Å². The quantitative estimate of drug-likeness (QED) is 0.711. The van der Waals surface area contributed by atoms with Crippen LogP contribution in [-0.4, -0.2) is 61.7 Å². The SMILES string of the molecule is Cl.NCCC(=O)NCC1CCCCN1S(=O)(=O)N1CCCCCC1. The van der Waals surface area contributed by atoms with Crippen molar-refractivity contribution in [2.24, 2.45) is 5.73 Å². The zero-order valence-electron chi connectivity index (χ0n) is 14.3. The van der Waals surface area contributed by atoms with Gasteiger partial charge in [-0.15, -0.1) is 12.4 Å². The maximum absolute atomic E-state index is 13.0. The minimum atomic E-state index is -3.43. The lowest BCUT2D eigenvalue weighted by Gasteiger charge is -2.37. The predicted octanol–water partition coefficient (Wildman–Crippen LogP) is 0.848. The maximum Gasteiger partial charge on any atom is 0.282 e. The lowest BCUT2D eigenvalue weighted by Crippen LogP contribution is -2.54. The van der Waals surface area contributed by atoms with Crippen molar-refractivity contribution >= 4 is 28.5 Å². The molecule has 0 spiro atoms. The van der Waals surface area contributed by atoms with Gasteiger partial charge in [-0.3, -0.25) is 4.79 Å². The number of carbonyl (C=O) groups is 1. The van der Waals surface area contributed by atoms with Crippen molar-refractivity contribution in [1.82, 2.24) is 13.9 Å². The van der Waals surface area contributed by atoms with Gasteiger partial charge in [0.15, 0.2) is 0 Å². The predicted molar refractivity (Wildman–Crippen MR) is 97.2 cm³/mol. The molecule has 0 bridgehead atoms. The third-order valence-electron chi connectivity index (χ3n) is 4.67. The standard InChI is InChI=1S/C15H30N4O3S.ClH/c16-9-8-15(20)17-13-14-7-3-6-12-19(14)23(21,22)18-10-4-1-2-5-11-18;/h14H,1-13,16H2,(H,17,20);1H. The average molecular weight is 383 g/mol. The molecule has 1 unspecified atom stereocenters. The van der Waals surface area contributed by atoms with Gasteiger partial charge in [0, 0.05) is 45.2 Å². The Labute approximate surface area is 151 Å². The Bertz CT molecular complexity index is 481. The van der Waals surface area contributed by atoms with Gasteiger partial charge in [0.2, 0.25) is 5.91 Å². The van der Waals surface area contributed by atoms with Crippen LogP contribution in [0.1, 0.15) is 51.4 Å². The van der Waals surface area contributed by atoms with Gasteiger partial charge in [-0.25, -0.2) is 0 Å². The molecule has 2 rings (SSSR count). The first-order valence-electron chi connectivity index (χ1n) is 8.79. The van der Waals surface area contributed by atoms with Gasteiger partial charge >= 0.3 is 0 Å². The molecule has 7 nitrogen and oxygen atoms in total. The summed E-state index contributed by atoms with van der Waals surface area (Å²) in [7, 11) is -3.43. The van der Waals surface area contributed by atoms with Gasteiger partial charge in [-0.05, 0) is 25.7 Å². The van der Waals surface area contributed by atoms with Gasteiger partial charge in [-0.2, -0.15) is 17.0 Å². The van der Waals surface area contributed by atoms with E-state index in [-0.39, 0.29) is 30.8 Å². The zero-order valence-corrected chi connectivity index (χ0v) is 15.9. The lowest BCUT2D eigenvalue weighted by molar-refractivity contribution is -0.121. The molecule has 3 N–H and O–H groups in total. The van der Waals surface area contributed by atoms with Crippen molar-refractivity contribution < 1.29 is 13.2 Å². The van der Waals surface area contributed by atoms with Crippen molar-refractivity contribution in [2.75, 3.05) is 32.7 Å². The zero-order chi connectivity index (χ0) is 16.7. The van der Waals surface area contributed by atoms with Crippen LogP contribution in [0.3, 0.4) is 0 Å². The van der Waals surface area contributed by atoms with Gasteiger partial charge < -0.3 is 11.1 Å². The molecule has 1 amide bonds. The van der Waals surface area contributed by atoms with Gasteiger partial charge in [0.05, 0.1) is 0 Å². The number of nitrogens with one attached hydrogen (secondary N) is 1. The molecule has 2 aliphatic heterocycles. The smallest absolute Gasteiger partial charge is 0.282 e. The van der Waals surface area contributed by atoms with Crippen LogP contribution >= 0.6 is 12.4 Å². The molecule has 0 radical (unpaired) electrons. The summed E-state index contributed by atoms with van der Waals surface area (Å²) in [6.45, 7) is 2.48. The highest BCUT2D eigenvalue weighted by Crippen LogP contribution is 2.24. The molecular formula is C15H31ClN4O3S. The first-order valence-corrected chi connectivity index (χ1v) is 10.2. The third-order valence-corrected chi connectivity index (χ3v) is 6.76. The second-order valence-corrected chi connectivity index (χ2v) is 8.31. The summed E-state index contributed by atoms with van der Waals surface area (Å²) in [6, 6.07) is -0.140. The van der Waals surface area contributed by atoms with Crippen LogP contribution in [-0.2, 0) is 15.0 Å². The van der Waals surface area contributed by atoms with Crippen molar-refractivity contribution in [3.8, 4) is 0 Å². The molecule has 0 aliphatic carbocycles. The summed E-state index contributed by atoms with van der Waals surface area (Å²) in [5.74, 6) is -0.106. The number of carbonyl (C=O) groups excluding carboxylic acids is 1. The summed E-state index contributed by atoms with van der Waals surface area (Å²) in [6.07, 6.45) is 7.05. The molecule has 1 atom stereocenters. The number of hydrogen-bond acceptors (Lipinski definition) is 4. The molecule has 2 aliphatic rings. The van der Waals surface area contributed by atoms with E-state index in [1.54, 1.807) is 8.61 Å². The fourth-order valence-corrected chi connectivity index (χ4v) is 5.29. The van der Waals surface area contributed by atoms with Gasteiger partial charge in [-0.1, -0.05) is 19.3 Å². The molecule has 0 saturated carbocycles. The molecule has 2 heterocycles. The first kappa shape index (κ1) is 21.6. The number of hydrogen-bond donors (Lipinski definition) is 2. The normalized spacial score (nSPS) is 24.0. The maximum atomic E-state index is 13.0. The fourth-order valence-electron chi connectivity index (χ4n) is 3.35. The Hall–Kier alpha value is -0.410. The number of rotatable bonds is 6. The van der Waals surface area contributed by atoms with Gasteiger partial charge in [0.1, 0.15) is 0 Å². The third kappa shape index (κ3) is 5.84. The highest BCUT2D eigenvalue weighted by atomic mass is 35.5. The summed E-state index contributed by atoms with van der Waals surface area (Å²) in [5, 5.41) is 2.83. The Morgan fingerprint density at radius 1 is 1.04 bits per heavy atom. The number of nitrogens with two attached hydrogens (primary N) is 1. The van der Waals surface area contributed by atoms with E-state index < -0.39 is 10.2 Å². The second-order valence-electron chi connectivity index (χ2n) is 6.42. The highest BCUT2D eigenvalue weighted by Gasteiger charge is 2.36. The fraction of sp³-hybridized carbons (Fsp3) is 0.933. The summed E-state index contributed by atoms with van der Waals surface area (Å²) in [5.41, 5.74) is 5.37. The largest absolute Gasteiger partial charge is 0.354 e. The topological polar surface area (TPSA) is 95.7 Å². The molecule has 2 saturated heterocycles. The first-order chi connectivity index (χ1) is 11.1. The van der Waals surface area contributed by atoms with E-state index >= 15 is 0 Å². The molecule has 0 aromatic heterocycles. The van der Waals surface area contributed by atoms with E-state index in [0.29, 0.717) is 32.7 Å². The monoisotopic (exact) mass is 382 g/mol. The van der Waals surface area contributed by atoms with Crippen molar-refractivity contribution in [1.29, 1.82) is 0 Å². The minimum Gasteiger partial charge on any atom is -0.354 e. The average Bonchev–Trinajstić information content (AvgIpc) is 2.83. The number of amides is 1. The van der Waals surface area contributed by atoms with E-state index in [4.69, 9.17) is 5.73 Å². The summed E-state index contributed by atoms with van der Waals surface area (Å²) < 4.78 is 29.2. The van der Waals surface area contributed by atoms with Crippen molar-refractivity contribution in [3.05, 3.63) is 0 Å². The molecule has 0 aromatic carbocycles. The highest BCUT2D eigenvalue weighted by molar-refractivity contribution is 7.86. The van der Waals surface area contributed by atoms with E-state index in [9.17, 15) is 13.2 Å². The number of nitrogens with zero attached hydrogens (tertiary/aromatic N) is 2. The lowest BCUT2D eigenvalue weighted by atomic mass is 10.1. The summed E-state index contributed by atoms with van der Waals surface area (Å²) in [4.78, 5) is 11.6. The van der Waals surface area contributed by atoms with Crippen LogP contribution in [0.25, 0.3) is 0 Å². The molecule has 9 heteroatoms. The Kier molecular flexibility index (Phi) is 9.51. The molecule has 2 fully saturated rings. The Morgan fingerprint density at radius 3 is 2.29 bits per heavy atom.